The molecule has 0 aromatic carbocycles. The van der Waals surface area contributed by atoms with Crippen LogP contribution in [0, 0.1) is 5.92 Å². The summed E-state index contributed by atoms with van der Waals surface area (Å²) in [6, 6.07) is 0.784. The van der Waals surface area contributed by atoms with Crippen molar-refractivity contribution in [3.05, 3.63) is 0 Å². The minimum absolute atomic E-state index is 0. The highest BCUT2D eigenvalue weighted by atomic mass is 35.5. The van der Waals surface area contributed by atoms with Gasteiger partial charge < -0.3 is 10.5 Å². The maximum absolute atomic E-state index is 5.41. The molecule has 0 bridgehead atoms. The van der Waals surface area contributed by atoms with E-state index in [9.17, 15) is 0 Å². The second-order valence-electron chi connectivity index (χ2n) is 4.30. The SMILES string of the molecule is CCC1CC(C)CN1CCOCCN.Cl. The molecule has 2 atom stereocenters. The lowest BCUT2D eigenvalue weighted by Crippen LogP contribution is -2.32. The van der Waals surface area contributed by atoms with Gasteiger partial charge in [-0.15, -0.1) is 12.4 Å². The van der Waals surface area contributed by atoms with Crippen LogP contribution in [0.4, 0.5) is 0 Å². The number of hydrogen-bond acceptors (Lipinski definition) is 3. The monoisotopic (exact) mass is 236 g/mol. The van der Waals surface area contributed by atoms with Crippen LogP contribution in [0.5, 0.6) is 0 Å². The summed E-state index contributed by atoms with van der Waals surface area (Å²) in [6.45, 7) is 9.08. The number of halogens is 1. The highest BCUT2D eigenvalue weighted by molar-refractivity contribution is 5.85. The lowest BCUT2D eigenvalue weighted by atomic mass is 10.1. The Hall–Kier alpha value is 0.170. The Labute approximate surface area is 99.7 Å². The fraction of sp³-hybridized carbons (Fsp3) is 1.00. The predicted molar refractivity (Wildman–Crippen MR) is 66.6 cm³/mol. The Morgan fingerprint density at radius 1 is 1.40 bits per heavy atom. The van der Waals surface area contributed by atoms with Gasteiger partial charge in [0, 0.05) is 25.7 Å². The molecule has 1 aliphatic heterocycles. The lowest BCUT2D eigenvalue weighted by Gasteiger charge is -2.22. The van der Waals surface area contributed by atoms with Crippen molar-refractivity contribution < 1.29 is 4.74 Å². The molecule has 1 saturated heterocycles. The van der Waals surface area contributed by atoms with Gasteiger partial charge in [0.05, 0.1) is 13.2 Å². The third-order valence-corrected chi connectivity index (χ3v) is 2.99. The molecule has 0 aromatic heterocycles. The van der Waals surface area contributed by atoms with Crippen LogP contribution in [0.3, 0.4) is 0 Å². The van der Waals surface area contributed by atoms with E-state index in [-0.39, 0.29) is 12.4 Å². The van der Waals surface area contributed by atoms with Crippen molar-refractivity contribution in [3.63, 3.8) is 0 Å². The molecule has 1 fully saturated rings. The van der Waals surface area contributed by atoms with E-state index in [1.807, 2.05) is 0 Å². The van der Waals surface area contributed by atoms with Crippen molar-refractivity contribution in [3.8, 4) is 0 Å². The third kappa shape index (κ3) is 5.16. The number of nitrogens with zero attached hydrogens (tertiary/aromatic N) is 1. The van der Waals surface area contributed by atoms with Crippen molar-refractivity contribution in [1.82, 2.24) is 4.90 Å². The van der Waals surface area contributed by atoms with E-state index in [1.54, 1.807) is 0 Å². The molecule has 1 heterocycles. The van der Waals surface area contributed by atoms with Crippen molar-refractivity contribution in [2.75, 3.05) is 32.8 Å². The Morgan fingerprint density at radius 2 is 2.13 bits per heavy atom. The average Bonchev–Trinajstić information content (AvgIpc) is 2.54. The van der Waals surface area contributed by atoms with Gasteiger partial charge >= 0.3 is 0 Å². The molecule has 0 aliphatic carbocycles. The van der Waals surface area contributed by atoms with Gasteiger partial charge in [0.15, 0.2) is 0 Å². The normalized spacial score (nSPS) is 26.6. The molecule has 0 spiro atoms. The zero-order valence-corrected chi connectivity index (χ0v) is 10.8. The van der Waals surface area contributed by atoms with E-state index in [0.717, 1.165) is 25.1 Å². The van der Waals surface area contributed by atoms with Crippen LogP contribution in [0.2, 0.25) is 0 Å². The summed E-state index contributed by atoms with van der Waals surface area (Å²) in [5.74, 6) is 0.856. The molecule has 2 unspecified atom stereocenters. The van der Waals surface area contributed by atoms with E-state index < -0.39 is 0 Å². The van der Waals surface area contributed by atoms with E-state index >= 15 is 0 Å². The van der Waals surface area contributed by atoms with E-state index in [4.69, 9.17) is 10.5 Å². The molecule has 1 aliphatic rings. The molecule has 0 radical (unpaired) electrons. The Bertz CT molecular complexity index is 158. The van der Waals surface area contributed by atoms with E-state index in [2.05, 4.69) is 18.7 Å². The molecule has 92 valence electrons. The highest BCUT2D eigenvalue weighted by Crippen LogP contribution is 2.24. The maximum Gasteiger partial charge on any atom is 0.0594 e. The zero-order valence-electron chi connectivity index (χ0n) is 9.95. The molecular weight excluding hydrogens is 212 g/mol. The summed E-state index contributed by atoms with van der Waals surface area (Å²) in [7, 11) is 0. The van der Waals surface area contributed by atoms with Gasteiger partial charge in [0.25, 0.3) is 0 Å². The number of ether oxygens (including phenoxy) is 1. The summed E-state index contributed by atoms with van der Waals surface area (Å²) >= 11 is 0. The van der Waals surface area contributed by atoms with Crippen LogP contribution in [0.1, 0.15) is 26.7 Å². The van der Waals surface area contributed by atoms with Crippen LogP contribution in [-0.4, -0.2) is 43.8 Å². The van der Waals surface area contributed by atoms with E-state index in [0.29, 0.717) is 13.2 Å². The highest BCUT2D eigenvalue weighted by Gasteiger charge is 2.27. The quantitative estimate of drug-likeness (QED) is 0.711. The number of rotatable bonds is 6. The van der Waals surface area contributed by atoms with Crippen LogP contribution < -0.4 is 5.73 Å². The molecule has 3 nitrogen and oxygen atoms in total. The van der Waals surface area contributed by atoms with Gasteiger partial charge in [-0.2, -0.15) is 0 Å². The summed E-state index contributed by atoms with van der Waals surface area (Å²) in [5, 5.41) is 0. The summed E-state index contributed by atoms with van der Waals surface area (Å²) in [4.78, 5) is 2.56. The Balaban J connectivity index is 0.00000196. The van der Waals surface area contributed by atoms with Crippen molar-refractivity contribution in [2.24, 2.45) is 11.7 Å². The second-order valence-corrected chi connectivity index (χ2v) is 4.30. The summed E-state index contributed by atoms with van der Waals surface area (Å²) < 4.78 is 5.41. The molecule has 1 rings (SSSR count). The van der Waals surface area contributed by atoms with Gasteiger partial charge in [-0.05, 0) is 18.8 Å². The molecule has 0 aromatic rings. The van der Waals surface area contributed by atoms with Crippen LogP contribution >= 0.6 is 12.4 Å². The molecule has 2 N–H and O–H groups in total. The summed E-state index contributed by atoms with van der Waals surface area (Å²) in [6.07, 6.45) is 2.62. The molecule has 0 saturated carbocycles. The molecule has 4 heteroatoms. The van der Waals surface area contributed by atoms with Crippen molar-refractivity contribution in [2.45, 2.75) is 32.7 Å². The zero-order chi connectivity index (χ0) is 10.4. The first kappa shape index (κ1) is 15.2. The average molecular weight is 237 g/mol. The first-order valence-corrected chi connectivity index (χ1v) is 5.79. The molecule has 15 heavy (non-hydrogen) atoms. The number of hydrogen-bond donors (Lipinski definition) is 1. The van der Waals surface area contributed by atoms with E-state index in [1.165, 1.54) is 19.4 Å². The third-order valence-electron chi connectivity index (χ3n) is 2.99. The fourth-order valence-electron chi connectivity index (χ4n) is 2.30. The Morgan fingerprint density at radius 3 is 2.73 bits per heavy atom. The van der Waals surface area contributed by atoms with Gasteiger partial charge in [-0.3, -0.25) is 4.90 Å². The van der Waals surface area contributed by atoms with Crippen molar-refractivity contribution in [1.29, 1.82) is 0 Å². The first-order valence-electron chi connectivity index (χ1n) is 5.79. The number of nitrogens with two attached hydrogens (primary N) is 1. The maximum atomic E-state index is 5.41. The topological polar surface area (TPSA) is 38.5 Å². The van der Waals surface area contributed by atoms with Gasteiger partial charge in [0.1, 0.15) is 0 Å². The van der Waals surface area contributed by atoms with Crippen LogP contribution in [0.25, 0.3) is 0 Å². The molecule has 0 amide bonds. The molecular formula is C11H25ClN2O. The van der Waals surface area contributed by atoms with Gasteiger partial charge in [0.2, 0.25) is 0 Å². The van der Waals surface area contributed by atoms with Gasteiger partial charge in [-0.1, -0.05) is 13.8 Å². The first-order chi connectivity index (χ1) is 6.77. The van der Waals surface area contributed by atoms with Gasteiger partial charge in [-0.25, -0.2) is 0 Å². The Kier molecular flexibility index (Phi) is 8.43. The predicted octanol–water partition coefficient (Wildman–Crippen LogP) is 1.50. The van der Waals surface area contributed by atoms with Crippen molar-refractivity contribution >= 4 is 12.4 Å². The second kappa shape index (κ2) is 8.34. The summed E-state index contributed by atoms with van der Waals surface area (Å²) in [5.41, 5.74) is 5.36. The largest absolute Gasteiger partial charge is 0.379 e. The smallest absolute Gasteiger partial charge is 0.0594 e. The fourth-order valence-corrected chi connectivity index (χ4v) is 2.30. The lowest BCUT2D eigenvalue weighted by molar-refractivity contribution is 0.103. The van der Waals surface area contributed by atoms with Crippen LogP contribution in [0.15, 0.2) is 0 Å². The minimum atomic E-state index is 0. The van der Waals surface area contributed by atoms with Crippen LogP contribution in [-0.2, 0) is 4.74 Å². The number of likely N-dealkylation sites (tertiary alicyclic amines) is 1. The minimum Gasteiger partial charge on any atom is -0.379 e. The standard InChI is InChI=1S/C11H24N2O.ClH/c1-3-11-8-10(2)9-13(11)5-7-14-6-4-12;/h10-11H,3-9,12H2,1-2H3;1H.